The third-order valence-corrected chi connectivity index (χ3v) is 7.82. The summed E-state index contributed by atoms with van der Waals surface area (Å²) in [6.07, 6.45) is 10.0. The summed E-state index contributed by atoms with van der Waals surface area (Å²) in [5, 5.41) is 18.6. The second-order valence-electron chi connectivity index (χ2n) is 16.9. The van der Waals surface area contributed by atoms with Gasteiger partial charge in [-0.25, -0.2) is 0 Å². The summed E-state index contributed by atoms with van der Waals surface area (Å²) in [6.45, 7) is 35.4. The Morgan fingerprint density at radius 2 is 0.316 bits per heavy atom. The van der Waals surface area contributed by atoms with Crippen LogP contribution in [0.4, 0.5) is 0 Å². The maximum absolute atomic E-state index is 4.65. The first-order chi connectivity index (χ1) is 15.7. The van der Waals surface area contributed by atoms with E-state index in [4.69, 9.17) is 0 Å². The minimum atomic E-state index is 0. The predicted molar refractivity (Wildman–Crippen MR) is 163 cm³/mol. The minimum Gasteiger partial charge on any atom is -0.652 e. The molecule has 0 saturated carbocycles. The topological polar surface area (TPSA) is 56.4 Å². The Hall–Kier alpha value is 0.879. The van der Waals surface area contributed by atoms with Gasteiger partial charge >= 0.3 is 34.1 Å². The van der Waals surface area contributed by atoms with Crippen molar-refractivity contribution >= 4 is 0 Å². The second kappa shape index (κ2) is 13.9. The Labute approximate surface area is 260 Å². The molecule has 6 heteroatoms. The van der Waals surface area contributed by atoms with Gasteiger partial charge in [0, 0.05) is 0 Å². The van der Waals surface area contributed by atoms with E-state index in [-0.39, 0.29) is 78.4 Å². The zero-order valence-corrected chi connectivity index (χ0v) is 30.6. The zero-order valence-electron chi connectivity index (χ0n) is 28.2. The van der Waals surface area contributed by atoms with Gasteiger partial charge in [-0.3, -0.25) is 0 Å². The molecule has 0 aliphatic carbocycles. The first-order valence-corrected chi connectivity index (χ1v) is 14.6. The van der Waals surface area contributed by atoms with Crippen molar-refractivity contribution in [3.8, 4) is 0 Å². The van der Waals surface area contributed by atoms with Gasteiger partial charge in [0.2, 0.25) is 0 Å². The molecule has 0 bridgehead atoms. The van der Waals surface area contributed by atoms with Gasteiger partial charge in [-0.2, -0.15) is 0 Å². The maximum Gasteiger partial charge on any atom is 3.00 e. The number of hydrogen-bond acceptors (Lipinski definition) is 0. The van der Waals surface area contributed by atoms with E-state index in [0.29, 0.717) is 0 Å². The van der Waals surface area contributed by atoms with Crippen LogP contribution in [0.2, 0.25) is 0 Å². The molecule has 0 aromatic heterocycles. The Balaban J connectivity index is 0. The zero-order chi connectivity index (χ0) is 28.5. The monoisotopic (exact) mass is 614 g/mol. The van der Waals surface area contributed by atoms with Gasteiger partial charge in [0.1, 0.15) is 0 Å². The van der Waals surface area contributed by atoms with Crippen LogP contribution in [0.5, 0.6) is 0 Å². The Bertz CT molecular complexity index is 530. The third-order valence-electron chi connectivity index (χ3n) is 7.82. The molecule has 0 aromatic rings. The van der Waals surface area contributed by atoms with Crippen LogP contribution in [-0.4, -0.2) is 44.3 Å². The van der Waals surface area contributed by atoms with E-state index in [1.54, 1.807) is 0 Å². The second-order valence-corrected chi connectivity index (χ2v) is 16.9. The van der Waals surface area contributed by atoms with Crippen LogP contribution >= 0.6 is 0 Å². The quantitative estimate of drug-likeness (QED) is 0.244. The standard InChI is InChI=1S/4C8H16N.2Mn/c4*1-7(2)5-6-8(3,4)9-7;;/h4*5-6H2,1-4H3;;/q4*-1;2*+3. The number of hydrogen-bond donors (Lipinski definition) is 0. The number of nitrogens with zero attached hydrogens (tertiary/aromatic N) is 4. The van der Waals surface area contributed by atoms with Crippen molar-refractivity contribution < 1.29 is 34.1 Å². The van der Waals surface area contributed by atoms with Crippen LogP contribution in [-0.2, 0) is 34.1 Å². The molecular formula is C32H64Mn2N4+2. The van der Waals surface area contributed by atoms with Crippen LogP contribution in [0.25, 0.3) is 21.3 Å². The van der Waals surface area contributed by atoms with Crippen molar-refractivity contribution in [3.05, 3.63) is 21.3 Å². The van der Waals surface area contributed by atoms with E-state index in [1.165, 1.54) is 51.4 Å². The maximum atomic E-state index is 4.65. The SMILES string of the molecule is CC1(C)CCC(C)(C)[N-]1.CC1(C)CCC(C)(C)[N-]1.CC1(C)CCC(C)(C)[N-]1.CC1(C)CCC(C)(C)[N-]1.[Mn+3].[Mn+3]. The van der Waals surface area contributed by atoms with Gasteiger partial charge in [-0.05, 0) is 0 Å². The molecule has 4 aliphatic rings. The van der Waals surface area contributed by atoms with Crippen molar-refractivity contribution in [2.75, 3.05) is 0 Å². The summed E-state index contributed by atoms with van der Waals surface area (Å²) in [4.78, 5) is 0. The van der Waals surface area contributed by atoms with Gasteiger partial charge < -0.3 is 21.3 Å². The van der Waals surface area contributed by atoms with Gasteiger partial charge in [0.25, 0.3) is 0 Å². The van der Waals surface area contributed by atoms with E-state index in [9.17, 15) is 0 Å². The molecule has 4 heterocycles. The molecule has 0 N–H and O–H groups in total. The van der Waals surface area contributed by atoms with Crippen LogP contribution < -0.4 is 0 Å². The first kappa shape index (κ1) is 41.0. The fraction of sp³-hybridized carbons (Fsp3) is 1.00. The third kappa shape index (κ3) is 17.0. The van der Waals surface area contributed by atoms with E-state index >= 15 is 0 Å². The van der Waals surface area contributed by atoms with Crippen molar-refractivity contribution in [3.63, 3.8) is 0 Å². The van der Waals surface area contributed by atoms with E-state index < -0.39 is 0 Å². The van der Waals surface area contributed by atoms with Crippen LogP contribution in [0.3, 0.4) is 0 Å². The molecule has 4 fully saturated rings. The predicted octanol–water partition coefficient (Wildman–Crippen LogP) is 10.8. The van der Waals surface area contributed by atoms with Gasteiger partial charge in [-0.15, -0.1) is 44.3 Å². The van der Waals surface area contributed by atoms with Crippen LogP contribution in [0.15, 0.2) is 0 Å². The fourth-order valence-electron chi connectivity index (χ4n) is 6.17. The fourth-order valence-corrected chi connectivity index (χ4v) is 6.17. The molecule has 224 valence electrons. The van der Waals surface area contributed by atoms with Crippen molar-refractivity contribution in [1.82, 2.24) is 0 Å². The van der Waals surface area contributed by atoms with Gasteiger partial charge in [0.05, 0.1) is 0 Å². The van der Waals surface area contributed by atoms with Crippen LogP contribution in [0, 0.1) is 0 Å². The largest absolute Gasteiger partial charge is 3.00 e. The minimum absolute atomic E-state index is 0. The van der Waals surface area contributed by atoms with Crippen molar-refractivity contribution in [2.45, 2.75) is 206 Å². The Kier molecular flexibility index (Phi) is 15.0. The van der Waals surface area contributed by atoms with Crippen molar-refractivity contribution in [2.24, 2.45) is 0 Å². The van der Waals surface area contributed by atoms with Gasteiger partial charge in [0.15, 0.2) is 0 Å². The van der Waals surface area contributed by atoms with Gasteiger partial charge in [-0.1, -0.05) is 162 Å². The summed E-state index contributed by atoms with van der Waals surface area (Å²) >= 11 is 0. The molecule has 0 atom stereocenters. The molecule has 4 aliphatic heterocycles. The summed E-state index contributed by atoms with van der Waals surface area (Å²) < 4.78 is 0. The first-order valence-electron chi connectivity index (χ1n) is 14.6. The van der Waals surface area contributed by atoms with Crippen LogP contribution in [0.1, 0.15) is 162 Å². The molecule has 4 nitrogen and oxygen atoms in total. The van der Waals surface area contributed by atoms with E-state index in [2.05, 4.69) is 132 Å². The number of rotatable bonds is 0. The van der Waals surface area contributed by atoms with E-state index in [0.717, 1.165) is 0 Å². The summed E-state index contributed by atoms with van der Waals surface area (Å²) in [5.41, 5.74) is 2.03. The molecule has 0 unspecified atom stereocenters. The molecule has 0 amide bonds. The summed E-state index contributed by atoms with van der Waals surface area (Å²) in [7, 11) is 0. The molecule has 0 spiro atoms. The average molecular weight is 615 g/mol. The summed E-state index contributed by atoms with van der Waals surface area (Å²) in [5.74, 6) is 0. The summed E-state index contributed by atoms with van der Waals surface area (Å²) in [6, 6.07) is 0. The molecule has 0 aromatic carbocycles. The van der Waals surface area contributed by atoms with E-state index in [1.807, 2.05) is 0 Å². The molecule has 4 rings (SSSR count). The Morgan fingerprint density at radius 3 is 0.342 bits per heavy atom. The normalized spacial score (nSPS) is 29.1. The molecule has 4 saturated heterocycles. The average Bonchev–Trinajstić information content (AvgIpc) is 3.22. The smallest absolute Gasteiger partial charge is 0.652 e. The molecule has 0 radical (unpaired) electrons. The molecule has 38 heavy (non-hydrogen) atoms. The van der Waals surface area contributed by atoms with Crippen molar-refractivity contribution in [1.29, 1.82) is 0 Å². The molecular weight excluding hydrogens is 550 g/mol. The Morgan fingerprint density at radius 1 is 0.237 bits per heavy atom.